The Morgan fingerprint density at radius 1 is 1.14 bits per heavy atom. The molecule has 154 valence electrons. The second-order valence-corrected chi connectivity index (χ2v) is 10.2. The quantitative estimate of drug-likeness (QED) is 0.560. The van der Waals surface area contributed by atoms with E-state index in [1.54, 1.807) is 0 Å². The van der Waals surface area contributed by atoms with Crippen LogP contribution < -0.4 is 5.56 Å². The molecular formula is C19H17F3N2O3S2. The monoisotopic (exact) mass is 442 g/mol. The first kappa shape index (κ1) is 20.1. The zero-order valence-corrected chi connectivity index (χ0v) is 17.0. The lowest BCUT2D eigenvalue weighted by molar-refractivity contribution is -0.146. The van der Waals surface area contributed by atoms with Crippen LogP contribution >= 0.6 is 11.3 Å². The van der Waals surface area contributed by atoms with Crippen molar-refractivity contribution in [1.82, 2.24) is 9.55 Å². The Labute approximate surface area is 168 Å². The van der Waals surface area contributed by atoms with Crippen LogP contribution in [0.1, 0.15) is 35.5 Å². The van der Waals surface area contributed by atoms with Gasteiger partial charge >= 0.3 is 6.18 Å². The van der Waals surface area contributed by atoms with E-state index >= 15 is 0 Å². The number of hydrogen-bond acceptors (Lipinski definition) is 5. The number of alkyl halides is 3. The Morgan fingerprint density at radius 2 is 1.86 bits per heavy atom. The van der Waals surface area contributed by atoms with Crippen LogP contribution in [0.4, 0.5) is 13.2 Å². The van der Waals surface area contributed by atoms with E-state index in [-0.39, 0.29) is 20.8 Å². The summed E-state index contributed by atoms with van der Waals surface area (Å²) in [5.74, 6) is -1.35. The molecule has 0 amide bonds. The van der Waals surface area contributed by atoms with E-state index in [1.807, 2.05) is 0 Å². The van der Waals surface area contributed by atoms with Gasteiger partial charge < -0.3 is 0 Å². The number of hydrogen-bond donors (Lipinski definition) is 0. The average molecular weight is 442 g/mol. The number of nitrogens with zero attached hydrogens (tertiary/aromatic N) is 2. The van der Waals surface area contributed by atoms with E-state index < -0.39 is 27.4 Å². The molecule has 0 saturated carbocycles. The number of aromatic nitrogens is 2. The van der Waals surface area contributed by atoms with Crippen LogP contribution in [0.15, 0.2) is 34.0 Å². The fraction of sp³-hybridized carbons (Fsp3) is 0.368. The molecule has 1 aliphatic carbocycles. The molecule has 2 aromatic heterocycles. The first-order valence-electron chi connectivity index (χ1n) is 9.02. The van der Waals surface area contributed by atoms with Crippen molar-refractivity contribution < 1.29 is 21.6 Å². The highest BCUT2D eigenvalue weighted by molar-refractivity contribution is 7.90. The molecule has 0 N–H and O–H groups in total. The Balaban J connectivity index is 2.08. The van der Waals surface area contributed by atoms with Gasteiger partial charge in [-0.25, -0.2) is 13.4 Å². The van der Waals surface area contributed by atoms with Crippen molar-refractivity contribution in [3.05, 3.63) is 50.9 Å². The van der Waals surface area contributed by atoms with Crippen molar-refractivity contribution in [3.63, 3.8) is 0 Å². The molecule has 0 atom stereocenters. The van der Waals surface area contributed by atoms with Crippen molar-refractivity contribution in [2.75, 3.05) is 6.26 Å². The van der Waals surface area contributed by atoms with E-state index in [2.05, 4.69) is 4.98 Å². The maximum absolute atomic E-state index is 13.8. The zero-order chi connectivity index (χ0) is 21.0. The number of benzene rings is 1. The highest BCUT2D eigenvalue weighted by atomic mass is 32.2. The van der Waals surface area contributed by atoms with Crippen LogP contribution in [0, 0.1) is 0 Å². The van der Waals surface area contributed by atoms with Gasteiger partial charge in [0, 0.05) is 11.1 Å². The minimum Gasteiger partial charge on any atom is -0.268 e. The van der Waals surface area contributed by atoms with Gasteiger partial charge in [-0.3, -0.25) is 9.36 Å². The Hall–Kier alpha value is -2.20. The van der Waals surface area contributed by atoms with Crippen molar-refractivity contribution in [2.24, 2.45) is 0 Å². The van der Waals surface area contributed by atoms with Crippen LogP contribution in [0.2, 0.25) is 0 Å². The number of aryl methyl sites for hydroxylation is 2. The SMILES string of the molecule is CS(=O)(=O)c1cccc(-n2c(C(F)(F)F)nc3sc4c(c3c2=O)CCCCC4)c1. The number of rotatable bonds is 2. The molecule has 0 bridgehead atoms. The minimum atomic E-state index is -4.88. The van der Waals surface area contributed by atoms with Crippen LogP contribution in [-0.2, 0) is 28.9 Å². The first-order valence-corrected chi connectivity index (χ1v) is 11.7. The van der Waals surface area contributed by atoms with E-state index in [0.29, 0.717) is 11.0 Å². The Kier molecular flexibility index (Phi) is 4.81. The highest BCUT2D eigenvalue weighted by Crippen LogP contribution is 2.36. The van der Waals surface area contributed by atoms with Crippen LogP contribution in [0.5, 0.6) is 0 Å². The van der Waals surface area contributed by atoms with Gasteiger partial charge in [0.1, 0.15) is 4.83 Å². The number of sulfone groups is 1. The molecule has 0 radical (unpaired) electrons. The lowest BCUT2D eigenvalue weighted by Gasteiger charge is -2.15. The van der Waals surface area contributed by atoms with Gasteiger partial charge in [-0.05, 0) is 49.4 Å². The van der Waals surface area contributed by atoms with Crippen LogP contribution in [0.3, 0.4) is 0 Å². The molecule has 0 spiro atoms. The summed E-state index contributed by atoms with van der Waals surface area (Å²) in [6.45, 7) is 0. The second-order valence-electron chi connectivity index (χ2n) is 7.09. The molecule has 0 aliphatic heterocycles. The van der Waals surface area contributed by atoms with Gasteiger partial charge in [-0.1, -0.05) is 12.5 Å². The van der Waals surface area contributed by atoms with Gasteiger partial charge in [0.15, 0.2) is 9.84 Å². The van der Waals surface area contributed by atoms with Gasteiger partial charge in [-0.15, -0.1) is 11.3 Å². The summed E-state index contributed by atoms with van der Waals surface area (Å²) in [5.41, 5.74) is -0.206. The molecule has 2 heterocycles. The van der Waals surface area contributed by atoms with E-state index in [1.165, 1.54) is 18.2 Å². The maximum Gasteiger partial charge on any atom is 0.450 e. The van der Waals surface area contributed by atoms with Crippen LogP contribution in [0.25, 0.3) is 15.9 Å². The zero-order valence-electron chi connectivity index (χ0n) is 15.4. The molecule has 4 rings (SSSR count). The van der Waals surface area contributed by atoms with Gasteiger partial charge in [0.2, 0.25) is 5.82 Å². The van der Waals surface area contributed by atoms with E-state index in [9.17, 15) is 26.4 Å². The summed E-state index contributed by atoms with van der Waals surface area (Å²) in [4.78, 5) is 17.9. The normalized spacial score (nSPS) is 15.3. The fourth-order valence-corrected chi connectivity index (χ4v) is 5.58. The lowest BCUT2D eigenvalue weighted by atomic mass is 10.1. The van der Waals surface area contributed by atoms with E-state index in [4.69, 9.17) is 0 Å². The van der Waals surface area contributed by atoms with Gasteiger partial charge in [-0.2, -0.15) is 13.2 Å². The summed E-state index contributed by atoms with van der Waals surface area (Å²) in [6, 6.07) is 4.95. The number of thiophene rings is 1. The Bertz CT molecular complexity index is 1270. The second kappa shape index (κ2) is 6.94. The molecule has 0 saturated heterocycles. The molecule has 29 heavy (non-hydrogen) atoms. The third-order valence-electron chi connectivity index (χ3n) is 5.00. The summed E-state index contributed by atoms with van der Waals surface area (Å²) in [6.07, 6.45) is 0.220. The third-order valence-corrected chi connectivity index (χ3v) is 7.29. The third kappa shape index (κ3) is 3.59. The molecule has 0 fully saturated rings. The maximum atomic E-state index is 13.8. The number of halogens is 3. The standard InChI is InChI=1S/C19H17F3N2O3S2/c1-29(26,27)12-7-5-6-11(10-12)24-17(25)15-13-8-3-2-4-9-14(13)28-16(15)23-18(24)19(20,21)22/h5-7,10H,2-4,8-9H2,1H3. The highest BCUT2D eigenvalue weighted by Gasteiger charge is 2.39. The smallest absolute Gasteiger partial charge is 0.268 e. The van der Waals surface area contributed by atoms with Crippen LogP contribution in [-0.4, -0.2) is 24.2 Å². The predicted molar refractivity (Wildman–Crippen MR) is 105 cm³/mol. The predicted octanol–water partition coefficient (Wildman–Crippen LogP) is 4.14. The molecule has 1 aliphatic rings. The summed E-state index contributed by atoms with van der Waals surface area (Å²) in [7, 11) is -3.66. The molecule has 1 aromatic carbocycles. The fourth-order valence-electron chi connectivity index (χ4n) is 3.66. The van der Waals surface area contributed by atoms with Crippen molar-refractivity contribution in [3.8, 4) is 5.69 Å². The summed E-state index contributed by atoms with van der Waals surface area (Å²) in [5, 5.41) is 0.213. The minimum absolute atomic E-state index is 0.0877. The largest absolute Gasteiger partial charge is 0.450 e. The van der Waals surface area contributed by atoms with Crippen molar-refractivity contribution in [2.45, 2.75) is 43.2 Å². The Morgan fingerprint density at radius 3 is 2.55 bits per heavy atom. The molecule has 5 nitrogen and oxygen atoms in total. The van der Waals surface area contributed by atoms with Crippen molar-refractivity contribution >= 4 is 31.4 Å². The summed E-state index contributed by atoms with van der Waals surface area (Å²) < 4.78 is 65.6. The summed E-state index contributed by atoms with van der Waals surface area (Å²) >= 11 is 1.15. The van der Waals surface area contributed by atoms with E-state index in [0.717, 1.165) is 59.8 Å². The molecule has 10 heteroatoms. The number of fused-ring (bicyclic) bond motifs is 3. The van der Waals surface area contributed by atoms with Crippen molar-refractivity contribution in [1.29, 1.82) is 0 Å². The van der Waals surface area contributed by atoms with Gasteiger partial charge in [0.25, 0.3) is 5.56 Å². The lowest BCUT2D eigenvalue weighted by Crippen LogP contribution is -2.29. The average Bonchev–Trinajstić information content (AvgIpc) is 2.82. The topological polar surface area (TPSA) is 69.0 Å². The molecule has 3 aromatic rings. The first-order chi connectivity index (χ1) is 13.6. The molecule has 0 unspecified atom stereocenters. The molecular weight excluding hydrogens is 425 g/mol. The van der Waals surface area contributed by atoms with Gasteiger partial charge in [0.05, 0.1) is 16.0 Å².